The molecule has 0 radical (unpaired) electrons. The Morgan fingerprint density at radius 2 is 2.45 bits per heavy atom. The normalized spacial score (nSPS) is 10.1. The van der Waals surface area contributed by atoms with E-state index in [2.05, 4.69) is 20.9 Å². The molecule has 0 saturated carbocycles. The monoisotopic (exact) mass is 236 g/mol. The fourth-order valence-electron chi connectivity index (χ4n) is 0.722. The highest BCUT2D eigenvalue weighted by atomic mass is 79.9. The molecular formula is C6H6BrClN2O. The molecule has 3 nitrogen and oxygen atoms in total. The second kappa shape index (κ2) is 3.36. The van der Waals surface area contributed by atoms with Crippen molar-refractivity contribution in [1.29, 1.82) is 0 Å². The topological polar surface area (TPSA) is 34.9 Å². The lowest BCUT2D eigenvalue weighted by molar-refractivity contribution is 0.703. The summed E-state index contributed by atoms with van der Waals surface area (Å²) in [5.74, 6) is 0. The molecule has 0 atom stereocenters. The Morgan fingerprint density at radius 1 is 1.82 bits per heavy atom. The molecule has 1 rings (SSSR count). The predicted octanol–water partition coefficient (Wildman–Crippen LogP) is 1.68. The quantitative estimate of drug-likeness (QED) is 0.697. The average molecular weight is 237 g/mol. The second-order valence-corrected chi connectivity index (χ2v) is 3.12. The summed E-state index contributed by atoms with van der Waals surface area (Å²) in [7, 11) is 0. The molecule has 1 aromatic heterocycles. The molecule has 0 fully saturated rings. The lowest BCUT2D eigenvalue weighted by Gasteiger charge is -2.02. The van der Waals surface area contributed by atoms with Crippen molar-refractivity contribution in [2.45, 2.75) is 13.5 Å². The molecule has 0 aliphatic heterocycles. The van der Waals surface area contributed by atoms with Gasteiger partial charge in [-0.25, -0.2) is 4.98 Å². The first-order chi connectivity index (χ1) is 5.16. The van der Waals surface area contributed by atoms with Crippen molar-refractivity contribution in [3.8, 4) is 0 Å². The number of aromatic nitrogens is 2. The first kappa shape index (κ1) is 8.74. The van der Waals surface area contributed by atoms with Crippen LogP contribution < -0.4 is 5.56 Å². The van der Waals surface area contributed by atoms with Gasteiger partial charge in [0.2, 0.25) is 5.28 Å². The molecule has 1 aromatic rings. The summed E-state index contributed by atoms with van der Waals surface area (Å²) in [6.45, 7) is 2.37. The lowest BCUT2D eigenvalue weighted by Crippen LogP contribution is -2.21. The van der Waals surface area contributed by atoms with Crippen LogP contribution in [0.1, 0.15) is 6.92 Å². The maximum atomic E-state index is 11.2. The van der Waals surface area contributed by atoms with Gasteiger partial charge < -0.3 is 0 Å². The zero-order chi connectivity index (χ0) is 8.43. The fourth-order valence-corrected chi connectivity index (χ4v) is 1.28. The average Bonchev–Trinajstić information content (AvgIpc) is 1.99. The molecule has 0 spiro atoms. The van der Waals surface area contributed by atoms with Crippen LogP contribution in [0.3, 0.4) is 0 Å². The summed E-state index contributed by atoms with van der Waals surface area (Å²) in [4.78, 5) is 15.0. The molecular weight excluding hydrogens is 231 g/mol. The van der Waals surface area contributed by atoms with Crippen LogP contribution >= 0.6 is 27.5 Å². The van der Waals surface area contributed by atoms with Crippen LogP contribution in [0.4, 0.5) is 0 Å². The van der Waals surface area contributed by atoms with Crippen LogP contribution in [0.5, 0.6) is 0 Å². The van der Waals surface area contributed by atoms with E-state index in [0.717, 1.165) is 0 Å². The minimum Gasteiger partial charge on any atom is -0.283 e. The van der Waals surface area contributed by atoms with Crippen molar-refractivity contribution in [1.82, 2.24) is 9.55 Å². The standard InChI is InChI=1S/C6H6BrClN2O/c1-2-10-5(11)4(7)3-9-6(10)8/h3H,2H2,1H3. The first-order valence-corrected chi connectivity index (χ1v) is 4.24. The molecule has 0 bridgehead atoms. The SMILES string of the molecule is CCn1c(Cl)ncc(Br)c1=O. The van der Waals surface area contributed by atoms with Gasteiger partial charge >= 0.3 is 0 Å². The van der Waals surface area contributed by atoms with Gasteiger partial charge in [0.15, 0.2) is 0 Å². The van der Waals surface area contributed by atoms with Gasteiger partial charge in [-0.15, -0.1) is 0 Å². The number of rotatable bonds is 1. The molecule has 0 N–H and O–H groups in total. The van der Waals surface area contributed by atoms with E-state index >= 15 is 0 Å². The maximum Gasteiger partial charge on any atom is 0.268 e. The Hall–Kier alpha value is -0.350. The number of hydrogen-bond donors (Lipinski definition) is 0. The van der Waals surface area contributed by atoms with Crippen LogP contribution in [-0.2, 0) is 6.54 Å². The molecule has 0 saturated heterocycles. The van der Waals surface area contributed by atoms with Gasteiger partial charge in [0.1, 0.15) is 4.47 Å². The van der Waals surface area contributed by atoms with Crippen LogP contribution in [0.15, 0.2) is 15.5 Å². The second-order valence-electron chi connectivity index (χ2n) is 1.92. The zero-order valence-corrected chi connectivity index (χ0v) is 8.18. The Bertz CT molecular complexity index is 323. The molecule has 1 heterocycles. The van der Waals surface area contributed by atoms with E-state index < -0.39 is 0 Å². The number of halogens is 2. The number of nitrogens with zero attached hydrogens (tertiary/aromatic N) is 2. The fraction of sp³-hybridized carbons (Fsp3) is 0.333. The summed E-state index contributed by atoms with van der Waals surface area (Å²) in [5, 5.41) is 0.223. The van der Waals surface area contributed by atoms with Crippen molar-refractivity contribution in [2.24, 2.45) is 0 Å². The van der Waals surface area contributed by atoms with E-state index in [-0.39, 0.29) is 10.8 Å². The zero-order valence-electron chi connectivity index (χ0n) is 5.84. The van der Waals surface area contributed by atoms with Crippen molar-refractivity contribution in [3.05, 3.63) is 26.3 Å². The van der Waals surface area contributed by atoms with Crippen LogP contribution in [0.2, 0.25) is 5.28 Å². The summed E-state index contributed by atoms with van der Waals surface area (Å²) in [6.07, 6.45) is 1.40. The molecule has 0 aliphatic carbocycles. The Balaban J connectivity index is 3.41. The molecule has 11 heavy (non-hydrogen) atoms. The van der Waals surface area contributed by atoms with E-state index in [1.807, 2.05) is 6.92 Å². The number of hydrogen-bond acceptors (Lipinski definition) is 2. The van der Waals surface area contributed by atoms with Gasteiger partial charge in [-0.2, -0.15) is 0 Å². The third-order valence-electron chi connectivity index (χ3n) is 1.27. The van der Waals surface area contributed by atoms with E-state index in [1.54, 1.807) is 0 Å². The van der Waals surface area contributed by atoms with Gasteiger partial charge in [-0.05, 0) is 34.5 Å². The lowest BCUT2D eigenvalue weighted by atomic mass is 10.6. The van der Waals surface area contributed by atoms with Crippen molar-refractivity contribution in [2.75, 3.05) is 0 Å². The summed E-state index contributed by atoms with van der Waals surface area (Å²) >= 11 is 8.70. The van der Waals surface area contributed by atoms with E-state index in [9.17, 15) is 4.79 Å². The first-order valence-electron chi connectivity index (χ1n) is 3.07. The smallest absolute Gasteiger partial charge is 0.268 e. The third-order valence-corrected chi connectivity index (χ3v) is 2.12. The maximum absolute atomic E-state index is 11.2. The highest BCUT2D eigenvalue weighted by Gasteiger charge is 2.03. The molecule has 5 heteroatoms. The van der Waals surface area contributed by atoms with E-state index in [0.29, 0.717) is 11.0 Å². The molecule has 0 aliphatic rings. The molecule has 0 unspecified atom stereocenters. The van der Waals surface area contributed by atoms with Crippen molar-refractivity contribution < 1.29 is 0 Å². The highest BCUT2D eigenvalue weighted by molar-refractivity contribution is 9.10. The van der Waals surface area contributed by atoms with Crippen molar-refractivity contribution >= 4 is 27.5 Å². The van der Waals surface area contributed by atoms with Gasteiger partial charge in [0.05, 0.1) is 6.20 Å². The third kappa shape index (κ3) is 1.62. The van der Waals surface area contributed by atoms with E-state index in [4.69, 9.17) is 11.6 Å². The van der Waals surface area contributed by atoms with Crippen LogP contribution in [0.25, 0.3) is 0 Å². The van der Waals surface area contributed by atoms with Gasteiger partial charge in [-0.1, -0.05) is 0 Å². The molecule has 0 amide bonds. The van der Waals surface area contributed by atoms with Gasteiger partial charge in [0, 0.05) is 6.54 Å². The minimum atomic E-state index is -0.146. The molecule has 0 aromatic carbocycles. The largest absolute Gasteiger partial charge is 0.283 e. The Labute approximate surface area is 77.1 Å². The predicted molar refractivity (Wildman–Crippen MR) is 46.9 cm³/mol. The summed E-state index contributed by atoms with van der Waals surface area (Å²) < 4.78 is 1.81. The van der Waals surface area contributed by atoms with Gasteiger partial charge in [-0.3, -0.25) is 9.36 Å². The molecule has 60 valence electrons. The van der Waals surface area contributed by atoms with Crippen LogP contribution in [0, 0.1) is 0 Å². The summed E-state index contributed by atoms with van der Waals surface area (Å²) in [5.41, 5.74) is -0.146. The van der Waals surface area contributed by atoms with E-state index in [1.165, 1.54) is 10.8 Å². The summed E-state index contributed by atoms with van der Waals surface area (Å²) in [6, 6.07) is 0. The highest BCUT2D eigenvalue weighted by Crippen LogP contribution is 2.05. The van der Waals surface area contributed by atoms with Crippen LogP contribution in [-0.4, -0.2) is 9.55 Å². The van der Waals surface area contributed by atoms with Gasteiger partial charge in [0.25, 0.3) is 5.56 Å². The Morgan fingerprint density at radius 3 is 2.91 bits per heavy atom. The Kier molecular flexibility index (Phi) is 2.67. The minimum absolute atomic E-state index is 0.146. The van der Waals surface area contributed by atoms with Crippen molar-refractivity contribution in [3.63, 3.8) is 0 Å².